The van der Waals surface area contributed by atoms with Crippen LogP contribution < -0.4 is 11.1 Å². The number of carbonyl (C=O) groups is 1. The van der Waals surface area contributed by atoms with Gasteiger partial charge in [-0.25, -0.2) is 4.98 Å². The second kappa shape index (κ2) is 6.45. The number of hydrogen-bond acceptors (Lipinski definition) is 4. The van der Waals surface area contributed by atoms with Gasteiger partial charge in [0.05, 0.1) is 22.2 Å². The number of rotatable bonds is 4. The molecule has 1 heterocycles. The van der Waals surface area contributed by atoms with Gasteiger partial charge in [0.25, 0.3) is 0 Å². The van der Waals surface area contributed by atoms with Crippen LogP contribution in [0.1, 0.15) is 0 Å². The fraction of sp³-hybridized carbons (Fsp3) is 0.0769. The Morgan fingerprint density at radius 2 is 2.11 bits per heavy atom. The third kappa shape index (κ3) is 3.87. The van der Waals surface area contributed by atoms with E-state index in [0.717, 1.165) is 0 Å². The van der Waals surface area contributed by atoms with Crippen LogP contribution in [0.15, 0.2) is 47.6 Å². The van der Waals surface area contributed by atoms with E-state index in [-0.39, 0.29) is 11.7 Å². The van der Waals surface area contributed by atoms with Gasteiger partial charge in [0.15, 0.2) is 0 Å². The monoisotopic (exact) mass is 293 g/mol. The van der Waals surface area contributed by atoms with E-state index in [2.05, 4.69) is 10.3 Å². The lowest BCUT2D eigenvalue weighted by Gasteiger charge is -2.07. The Morgan fingerprint density at radius 1 is 1.32 bits per heavy atom. The minimum absolute atomic E-state index is 0.149. The third-order valence-corrected chi connectivity index (χ3v) is 3.72. The van der Waals surface area contributed by atoms with E-state index in [1.807, 2.05) is 12.1 Å². The van der Waals surface area contributed by atoms with Crippen LogP contribution in [0.2, 0.25) is 5.02 Å². The molecule has 0 bridgehead atoms. The Hall–Kier alpha value is -1.72. The summed E-state index contributed by atoms with van der Waals surface area (Å²) in [6.45, 7) is 0. The topological polar surface area (TPSA) is 68.0 Å². The predicted octanol–water partition coefficient (Wildman–Crippen LogP) is 3.05. The number of para-hydroxylation sites is 2. The number of anilines is 2. The molecule has 0 aliphatic rings. The maximum Gasteiger partial charge on any atom is 0.234 e. The zero-order chi connectivity index (χ0) is 13.7. The van der Waals surface area contributed by atoms with Crippen LogP contribution in [0.4, 0.5) is 11.4 Å². The van der Waals surface area contributed by atoms with Crippen molar-refractivity contribution in [2.24, 2.45) is 0 Å². The van der Waals surface area contributed by atoms with Gasteiger partial charge >= 0.3 is 0 Å². The molecule has 0 atom stereocenters. The second-order valence-electron chi connectivity index (χ2n) is 3.71. The van der Waals surface area contributed by atoms with E-state index in [1.54, 1.807) is 30.5 Å². The normalized spacial score (nSPS) is 10.2. The van der Waals surface area contributed by atoms with E-state index in [9.17, 15) is 4.79 Å². The lowest BCUT2D eigenvalue weighted by Crippen LogP contribution is -2.15. The number of halogens is 1. The fourth-order valence-electron chi connectivity index (χ4n) is 1.41. The highest BCUT2D eigenvalue weighted by Crippen LogP contribution is 2.24. The first-order chi connectivity index (χ1) is 9.16. The molecule has 1 aromatic carbocycles. The summed E-state index contributed by atoms with van der Waals surface area (Å²) in [6, 6.07) is 10.6. The number of nitrogens with two attached hydrogens (primary N) is 1. The minimum atomic E-state index is -0.149. The summed E-state index contributed by atoms with van der Waals surface area (Å²) in [7, 11) is 0. The quantitative estimate of drug-likeness (QED) is 0.671. The van der Waals surface area contributed by atoms with Crippen LogP contribution in [-0.4, -0.2) is 16.6 Å². The molecule has 19 heavy (non-hydrogen) atoms. The maximum atomic E-state index is 11.8. The van der Waals surface area contributed by atoms with Crippen molar-refractivity contribution in [3.05, 3.63) is 47.6 Å². The highest BCUT2D eigenvalue weighted by molar-refractivity contribution is 8.00. The highest BCUT2D eigenvalue weighted by atomic mass is 35.5. The summed E-state index contributed by atoms with van der Waals surface area (Å²) >= 11 is 7.24. The molecule has 0 fully saturated rings. The van der Waals surface area contributed by atoms with Gasteiger partial charge in [0.1, 0.15) is 5.03 Å². The lowest BCUT2D eigenvalue weighted by molar-refractivity contribution is -0.113. The number of pyridine rings is 1. The summed E-state index contributed by atoms with van der Waals surface area (Å²) in [5.74, 6) is 0.0787. The van der Waals surface area contributed by atoms with Crippen molar-refractivity contribution in [3.8, 4) is 0 Å². The Balaban J connectivity index is 1.92. The summed E-state index contributed by atoms with van der Waals surface area (Å²) in [6.07, 6.45) is 1.64. The molecule has 0 aliphatic heterocycles. The fourth-order valence-corrected chi connectivity index (χ4v) is 2.37. The van der Waals surface area contributed by atoms with E-state index in [4.69, 9.17) is 17.3 Å². The smallest absolute Gasteiger partial charge is 0.234 e. The average molecular weight is 294 g/mol. The molecule has 98 valence electrons. The Bertz CT molecular complexity index is 592. The highest BCUT2D eigenvalue weighted by Gasteiger charge is 2.08. The average Bonchev–Trinajstić information content (AvgIpc) is 2.40. The Morgan fingerprint density at radius 3 is 2.84 bits per heavy atom. The van der Waals surface area contributed by atoms with Crippen LogP contribution in [0.5, 0.6) is 0 Å². The molecular formula is C13H12ClN3OS. The van der Waals surface area contributed by atoms with Gasteiger partial charge < -0.3 is 11.1 Å². The summed E-state index contributed by atoms with van der Waals surface area (Å²) in [5, 5.41) is 3.92. The van der Waals surface area contributed by atoms with Gasteiger partial charge in [0, 0.05) is 6.20 Å². The van der Waals surface area contributed by atoms with Gasteiger partial charge in [-0.2, -0.15) is 0 Å². The van der Waals surface area contributed by atoms with Crippen LogP contribution >= 0.6 is 23.4 Å². The molecular weight excluding hydrogens is 282 g/mol. The number of nitrogen functional groups attached to an aromatic ring is 1. The number of benzene rings is 1. The van der Waals surface area contributed by atoms with Crippen molar-refractivity contribution in [2.45, 2.75) is 5.03 Å². The standard InChI is InChI=1S/C13H12ClN3OS/c14-9-4-3-7-16-13(9)19-8-12(18)17-11-6-2-1-5-10(11)15/h1-7H,8,15H2,(H,17,18). The van der Waals surface area contributed by atoms with Gasteiger partial charge in [0.2, 0.25) is 5.91 Å². The largest absolute Gasteiger partial charge is 0.397 e. The molecule has 3 N–H and O–H groups in total. The van der Waals surface area contributed by atoms with Gasteiger partial charge in [-0.05, 0) is 24.3 Å². The van der Waals surface area contributed by atoms with Gasteiger partial charge in [-0.3, -0.25) is 4.79 Å². The first-order valence-corrected chi connectivity index (χ1v) is 6.91. The Kier molecular flexibility index (Phi) is 4.65. The van der Waals surface area contributed by atoms with Crippen molar-refractivity contribution in [2.75, 3.05) is 16.8 Å². The van der Waals surface area contributed by atoms with Crippen LogP contribution in [-0.2, 0) is 4.79 Å². The molecule has 2 aromatic rings. The van der Waals surface area contributed by atoms with Crippen LogP contribution in [0.3, 0.4) is 0 Å². The SMILES string of the molecule is Nc1ccccc1NC(=O)CSc1ncccc1Cl. The van der Waals surface area contributed by atoms with Gasteiger partial charge in [-0.1, -0.05) is 35.5 Å². The summed E-state index contributed by atoms with van der Waals surface area (Å²) < 4.78 is 0. The zero-order valence-corrected chi connectivity index (χ0v) is 11.5. The third-order valence-electron chi connectivity index (χ3n) is 2.30. The molecule has 0 saturated carbocycles. The number of amides is 1. The molecule has 6 heteroatoms. The number of nitrogens with zero attached hydrogens (tertiary/aromatic N) is 1. The van der Waals surface area contributed by atoms with Gasteiger partial charge in [-0.15, -0.1) is 0 Å². The van der Waals surface area contributed by atoms with Crippen molar-refractivity contribution in [1.82, 2.24) is 4.98 Å². The number of nitrogens with one attached hydrogen (secondary N) is 1. The lowest BCUT2D eigenvalue weighted by atomic mass is 10.3. The summed E-state index contributed by atoms with van der Waals surface area (Å²) in [5.41, 5.74) is 6.90. The number of carbonyl (C=O) groups excluding carboxylic acids is 1. The number of hydrogen-bond donors (Lipinski definition) is 2. The minimum Gasteiger partial charge on any atom is -0.397 e. The Labute approximate surface area is 120 Å². The first kappa shape index (κ1) is 13.7. The molecule has 2 rings (SSSR count). The van der Waals surface area contributed by atoms with Crippen molar-refractivity contribution in [1.29, 1.82) is 0 Å². The second-order valence-corrected chi connectivity index (χ2v) is 5.09. The zero-order valence-electron chi connectivity index (χ0n) is 9.97. The van der Waals surface area contributed by atoms with Crippen molar-refractivity contribution in [3.63, 3.8) is 0 Å². The first-order valence-electron chi connectivity index (χ1n) is 5.54. The maximum absolute atomic E-state index is 11.8. The van der Waals surface area contributed by atoms with Crippen molar-refractivity contribution < 1.29 is 4.79 Å². The van der Waals surface area contributed by atoms with Crippen LogP contribution in [0, 0.1) is 0 Å². The molecule has 1 aromatic heterocycles. The summed E-state index contributed by atoms with van der Waals surface area (Å²) in [4.78, 5) is 15.9. The molecule has 4 nitrogen and oxygen atoms in total. The van der Waals surface area contributed by atoms with E-state index < -0.39 is 0 Å². The molecule has 1 amide bonds. The molecule has 0 radical (unpaired) electrons. The van der Waals surface area contributed by atoms with Crippen molar-refractivity contribution >= 4 is 40.6 Å². The molecule has 0 spiro atoms. The van der Waals surface area contributed by atoms with E-state index in [1.165, 1.54) is 11.8 Å². The predicted molar refractivity (Wildman–Crippen MR) is 79.5 cm³/mol. The van der Waals surface area contributed by atoms with E-state index in [0.29, 0.717) is 21.4 Å². The number of aromatic nitrogens is 1. The van der Waals surface area contributed by atoms with Crippen LogP contribution in [0.25, 0.3) is 0 Å². The molecule has 0 saturated heterocycles. The number of thioether (sulfide) groups is 1. The molecule has 0 aliphatic carbocycles. The van der Waals surface area contributed by atoms with E-state index >= 15 is 0 Å². The molecule has 0 unspecified atom stereocenters.